The van der Waals surface area contributed by atoms with E-state index in [0.29, 0.717) is 13.0 Å². The maximum Gasteiger partial charge on any atom is 0.330 e. The Morgan fingerprint density at radius 2 is 1.88 bits per heavy atom. The number of benzene rings is 1. The van der Waals surface area contributed by atoms with E-state index in [9.17, 15) is 19.2 Å². The second-order valence-electron chi connectivity index (χ2n) is 7.29. The molecule has 0 saturated heterocycles. The molecule has 174 valence electrons. The summed E-state index contributed by atoms with van der Waals surface area (Å²) in [5.74, 6) is -0.821. The SMILES string of the molecule is CCCn1nc(C(=O)N(CCOC)c2c(N)n(Cc3ccccc3)c(=O)[nH]c2=O)ccc1=O. The van der Waals surface area contributed by atoms with Gasteiger partial charge in [-0.25, -0.2) is 9.48 Å². The largest absolute Gasteiger partial charge is 0.383 e. The van der Waals surface area contributed by atoms with Crippen molar-refractivity contribution in [1.29, 1.82) is 0 Å². The fourth-order valence-corrected chi connectivity index (χ4v) is 3.33. The molecular formula is C22H26N6O5. The summed E-state index contributed by atoms with van der Waals surface area (Å²) < 4.78 is 7.47. The van der Waals surface area contributed by atoms with E-state index in [1.54, 1.807) is 0 Å². The van der Waals surface area contributed by atoms with E-state index < -0.39 is 17.2 Å². The van der Waals surface area contributed by atoms with Crippen LogP contribution < -0.4 is 27.4 Å². The van der Waals surface area contributed by atoms with Crippen LogP contribution in [0.4, 0.5) is 11.5 Å². The predicted molar refractivity (Wildman–Crippen MR) is 124 cm³/mol. The smallest absolute Gasteiger partial charge is 0.330 e. The van der Waals surface area contributed by atoms with Crippen molar-refractivity contribution in [3.63, 3.8) is 0 Å². The van der Waals surface area contributed by atoms with Crippen molar-refractivity contribution >= 4 is 17.4 Å². The molecular weight excluding hydrogens is 428 g/mol. The summed E-state index contributed by atoms with van der Waals surface area (Å²) in [6.07, 6.45) is 0.648. The number of rotatable bonds is 9. The molecule has 0 unspecified atom stereocenters. The molecule has 0 spiro atoms. The highest BCUT2D eigenvalue weighted by atomic mass is 16.5. The van der Waals surface area contributed by atoms with E-state index >= 15 is 0 Å². The average molecular weight is 454 g/mol. The van der Waals surface area contributed by atoms with Gasteiger partial charge < -0.3 is 10.5 Å². The maximum absolute atomic E-state index is 13.4. The Balaban J connectivity index is 2.11. The third kappa shape index (κ3) is 5.26. The number of hydrogen-bond acceptors (Lipinski definition) is 7. The van der Waals surface area contributed by atoms with E-state index in [-0.39, 0.29) is 42.5 Å². The van der Waals surface area contributed by atoms with Gasteiger partial charge >= 0.3 is 5.69 Å². The number of ether oxygens (including phenoxy) is 1. The summed E-state index contributed by atoms with van der Waals surface area (Å²) >= 11 is 0. The lowest BCUT2D eigenvalue weighted by Gasteiger charge is -2.24. The zero-order valence-electron chi connectivity index (χ0n) is 18.5. The topological polar surface area (TPSA) is 145 Å². The summed E-state index contributed by atoms with van der Waals surface area (Å²) in [6, 6.07) is 11.6. The van der Waals surface area contributed by atoms with Gasteiger partial charge in [-0.1, -0.05) is 37.3 Å². The summed E-state index contributed by atoms with van der Waals surface area (Å²) in [4.78, 5) is 54.0. The number of methoxy groups -OCH3 is 1. The Kier molecular flexibility index (Phi) is 7.57. The van der Waals surface area contributed by atoms with Crippen molar-refractivity contribution in [2.24, 2.45) is 0 Å². The highest BCUT2D eigenvalue weighted by molar-refractivity contribution is 6.05. The standard InChI is InChI=1S/C22H26N6O5/c1-3-11-28-17(29)10-9-16(25-28)21(31)26(12-13-33-2)18-19(23)27(22(32)24-20(18)30)14-15-7-5-4-6-8-15/h4-10H,3,11-14,23H2,1-2H3,(H,24,30,32). The first-order chi connectivity index (χ1) is 15.9. The molecule has 2 heterocycles. The van der Waals surface area contributed by atoms with Crippen LogP contribution in [0.25, 0.3) is 0 Å². The minimum absolute atomic E-state index is 0.0270. The number of nitrogens with two attached hydrogens (primary N) is 1. The molecule has 2 aromatic heterocycles. The molecule has 3 aromatic rings. The van der Waals surface area contributed by atoms with Crippen molar-refractivity contribution in [1.82, 2.24) is 19.3 Å². The van der Waals surface area contributed by atoms with Gasteiger partial charge in [0.1, 0.15) is 11.5 Å². The molecule has 33 heavy (non-hydrogen) atoms. The average Bonchev–Trinajstić information content (AvgIpc) is 2.80. The third-order valence-electron chi connectivity index (χ3n) is 4.95. The molecule has 0 bridgehead atoms. The summed E-state index contributed by atoms with van der Waals surface area (Å²) in [5, 5.41) is 4.13. The molecule has 0 aliphatic rings. The quantitative estimate of drug-likeness (QED) is 0.477. The second kappa shape index (κ2) is 10.6. The molecule has 0 saturated carbocycles. The maximum atomic E-state index is 13.4. The molecule has 0 fully saturated rings. The monoisotopic (exact) mass is 454 g/mol. The van der Waals surface area contributed by atoms with E-state index in [0.717, 1.165) is 10.5 Å². The van der Waals surface area contributed by atoms with Crippen LogP contribution in [-0.4, -0.2) is 45.5 Å². The van der Waals surface area contributed by atoms with Gasteiger partial charge in [0.25, 0.3) is 17.0 Å². The van der Waals surface area contributed by atoms with Crippen molar-refractivity contribution in [3.05, 3.63) is 84.9 Å². The van der Waals surface area contributed by atoms with Gasteiger partial charge in [0.2, 0.25) is 0 Å². The minimum atomic E-state index is -0.812. The number of carbonyl (C=O) groups is 1. The molecule has 3 rings (SSSR count). The predicted octanol–water partition coefficient (Wildman–Crippen LogP) is 0.427. The number of hydrogen-bond donors (Lipinski definition) is 2. The number of aryl methyl sites for hydroxylation is 1. The molecule has 1 aromatic carbocycles. The third-order valence-corrected chi connectivity index (χ3v) is 4.95. The van der Waals surface area contributed by atoms with Gasteiger partial charge in [0, 0.05) is 26.3 Å². The molecule has 0 aliphatic heterocycles. The van der Waals surface area contributed by atoms with Crippen molar-refractivity contribution in [2.45, 2.75) is 26.4 Å². The van der Waals surface area contributed by atoms with Gasteiger partial charge in [0.15, 0.2) is 5.69 Å². The van der Waals surface area contributed by atoms with E-state index in [1.165, 1.54) is 28.5 Å². The Hall–Kier alpha value is -3.99. The Morgan fingerprint density at radius 1 is 1.15 bits per heavy atom. The molecule has 11 nitrogen and oxygen atoms in total. The number of nitrogens with zero attached hydrogens (tertiary/aromatic N) is 4. The lowest BCUT2D eigenvalue weighted by atomic mass is 10.2. The zero-order chi connectivity index (χ0) is 24.0. The summed E-state index contributed by atoms with van der Waals surface area (Å²) in [5.41, 5.74) is 4.96. The number of aromatic amines is 1. The second-order valence-corrected chi connectivity index (χ2v) is 7.29. The molecule has 11 heteroatoms. The van der Waals surface area contributed by atoms with Crippen LogP contribution in [-0.2, 0) is 17.8 Å². The number of H-pyrrole nitrogens is 1. The van der Waals surface area contributed by atoms with E-state index in [2.05, 4.69) is 10.1 Å². The van der Waals surface area contributed by atoms with Crippen molar-refractivity contribution < 1.29 is 9.53 Å². The fraction of sp³-hybridized carbons (Fsp3) is 0.318. The van der Waals surface area contributed by atoms with Crippen LogP contribution >= 0.6 is 0 Å². The molecule has 3 N–H and O–H groups in total. The highest BCUT2D eigenvalue weighted by Gasteiger charge is 2.26. The van der Waals surface area contributed by atoms with Crippen molar-refractivity contribution in [3.8, 4) is 0 Å². The van der Waals surface area contributed by atoms with Crippen LogP contribution in [0.15, 0.2) is 56.8 Å². The highest BCUT2D eigenvalue weighted by Crippen LogP contribution is 2.19. The lowest BCUT2D eigenvalue weighted by Crippen LogP contribution is -2.43. The normalized spacial score (nSPS) is 10.8. The van der Waals surface area contributed by atoms with Gasteiger partial charge in [-0.3, -0.25) is 28.8 Å². The number of nitrogens with one attached hydrogen (secondary N) is 1. The number of aromatic nitrogens is 4. The van der Waals surface area contributed by atoms with Crippen LogP contribution in [0.2, 0.25) is 0 Å². The van der Waals surface area contributed by atoms with E-state index in [1.807, 2.05) is 37.3 Å². The molecule has 1 amide bonds. The molecule has 0 radical (unpaired) electrons. The van der Waals surface area contributed by atoms with Gasteiger partial charge in [-0.2, -0.15) is 5.10 Å². The fourth-order valence-electron chi connectivity index (χ4n) is 3.33. The first-order valence-electron chi connectivity index (χ1n) is 10.4. The molecule has 0 atom stereocenters. The van der Waals surface area contributed by atoms with Gasteiger partial charge in [-0.05, 0) is 18.1 Å². The number of nitrogen functional groups attached to an aromatic ring is 1. The zero-order valence-corrected chi connectivity index (χ0v) is 18.5. The van der Waals surface area contributed by atoms with Crippen LogP contribution in [0.5, 0.6) is 0 Å². The Labute approximate surface area is 189 Å². The summed E-state index contributed by atoms with van der Waals surface area (Å²) in [6.45, 7) is 2.38. The van der Waals surface area contributed by atoms with Gasteiger partial charge in [-0.15, -0.1) is 0 Å². The Bertz CT molecular complexity index is 1300. The van der Waals surface area contributed by atoms with Gasteiger partial charge in [0.05, 0.1) is 13.2 Å². The lowest BCUT2D eigenvalue weighted by molar-refractivity contribution is 0.0968. The summed E-state index contributed by atoms with van der Waals surface area (Å²) in [7, 11) is 1.45. The number of carbonyl (C=O) groups excluding carboxylic acids is 1. The van der Waals surface area contributed by atoms with E-state index in [4.69, 9.17) is 10.5 Å². The van der Waals surface area contributed by atoms with Crippen LogP contribution in [0.3, 0.4) is 0 Å². The molecule has 0 aliphatic carbocycles. The van der Waals surface area contributed by atoms with Crippen LogP contribution in [0.1, 0.15) is 29.4 Å². The van der Waals surface area contributed by atoms with Crippen LogP contribution in [0, 0.1) is 0 Å². The first kappa shape index (κ1) is 23.7. The number of anilines is 2. The minimum Gasteiger partial charge on any atom is -0.383 e. The first-order valence-corrected chi connectivity index (χ1v) is 10.4. The van der Waals surface area contributed by atoms with Crippen molar-refractivity contribution in [2.75, 3.05) is 30.9 Å². The number of amides is 1. The Morgan fingerprint density at radius 3 is 2.55 bits per heavy atom.